The van der Waals surface area contributed by atoms with E-state index >= 15 is 0 Å². The molecule has 0 atom stereocenters. The summed E-state index contributed by atoms with van der Waals surface area (Å²) in [7, 11) is 3.28. The summed E-state index contributed by atoms with van der Waals surface area (Å²) in [5, 5.41) is 6.21. The third kappa shape index (κ3) is 6.74. The molecule has 0 radical (unpaired) electrons. The molecule has 2 aromatic rings. The monoisotopic (exact) mass is 375 g/mol. The number of halogens is 1. The first-order valence-corrected chi connectivity index (χ1v) is 8.47. The van der Waals surface area contributed by atoms with Gasteiger partial charge in [-0.1, -0.05) is 29.8 Å². The number of methoxy groups -OCH3 is 1. The van der Waals surface area contributed by atoms with Crippen molar-refractivity contribution in [3.8, 4) is 5.75 Å². The van der Waals surface area contributed by atoms with E-state index in [4.69, 9.17) is 16.3 Å². The number of carbonyl (C=O) groups excluding carboxylic acids is 2. The van der Waals surface area contributed by atoms with Crippen LogP contribution in [0.3, 0.4) is 0 Å². The number of ether oxygens (including phenoxy) is 1. The summed E-state index contributed by atoms with van der Waals surface area (Å²) in [4.78, 5) is 25.7. The summed E-state index contributed by atoms with van der Waals surface area (Å²) in [5.74, 6) is 0.293. The van der Waals surface area contributed by atoms with Crippen LogP contribution in [0.4, 0.5) is 5.69 Å². The van der Waals surface area contributed by atoms with E-state index < -0.39 is 0 Å². The molecule has 2 aromatic carbocycles. The molecule has 0 spiro atoms. The van der Waals surface area contributed by atoms with Gasteiger partial charge in [0.2, 0.25) is 11.8 Å². The van der Waals surface area contributed by atoms with Gasteiger partial charge in [0, 0.05) is 23.3 Å². The number of rotatable bonds is 8. The lowest BCUT2D eigenvalue weighted by Gasteiger charge is -2.16. The van der Waals surface area contributed by atoms with Gasteiger partial charge in [0.05, 0.1) is 20.2 Å². The number of nitrogens with zero attached hydrogens (tertiary/aromatic N) is 1. The smallest absolute Gasteiger partial charge is 0.238 e. The van der Waals surface area contributed by atoms with E-state index in [-0.39, 0.29) is 24.9 Å². The Hall–Kier alpha value is -2.57. The molecule has 0 fully saturated rings. The van der Waals surface area contributed by atoms with Crippen LogP contribution in [0.5, 0.6) is 5.75 Å². The molecule has 7 heteroatoms. The molecule has 0 aliphatic heterocycles. The van der Waals surface area contributed by atoms with E-state index in [9.17, 15) is 9.59 Å². The standard InChI is InChI=1S/C19H22ClN3O3/c1-23(12-18(24)21-11-14-5-3-6-15(20)9-14)13-19(25)22-16-7-4-8-17(10-16)26-2/h3-10H,11-13H2,1-2H3,(H,21,24)(H,22,25). The lowest BCUT2D eigenvalue weighted by Crippen LogP contribution is -2.38. The second-order valence-electron chi connectivity index (χ2n) is 5.86. The number of amides is 2. The maximum Gasteiger partial charge on any atom is 0.238 e. The van der Waals surface area contributed by atoms with Crippen LogP contribution in [0.25, 0.3) is 0 Å². The lowest BCUT2D eigenvalue weighted by molar-refractivity contribution is -0.123. The molecule has 2 amide bonds. The van der Waals surface area contributed by atoms with E-state index in [0.29, 0.717) is 23.0 Å². The predicted molar refractivity (Wildman–Crippen MR) is 102 cm³/mol. The molecule has 2 N–H and O–H groups in total. The van der Waals surface area contributed by atoms with Crippen LogP contribution in [0, 0.1) is 0 Å². The highest BCUT2D eigenvalue weighted by Gasteiger charge is 2.11. The van der Waals surface area contributed by atoms with Crippen molar-refractivity contribution in [1.82, 2.24) is 10.2 Å². The molecule has 0 saturated carbocycles. The average molecular weight is 376 g/mol. The lowest BCUT2D eigenvalue weighted by atomic mass is 10.2. The molecule has 0 aliphatic carbocycles. The summed E-state index contributed by atoms with van der Waals surface area (Å²) in [6.45, 7) is 0.608. The Morgan fingerprint density at radius 1 is 1.08 bits per heavy atom. The number of anilines is 1. The van der Waals surface area contributed by atoms with Gasteiger partial charge in [-0.2, -0.15) is 0 Å². The Labute approximate surface area is 158 Å². The predicted octanol–water partition coefficient (Wildman–Crippen LogP) is 2.54. The van der Waals surface area contributed by atoms with E-state index in [1.807, 2.05) is 12.1 Å². The molecule has 0 bridgehead atoms. The van der Waals surface area contributed by atoms with Crippen LogP contribution >= 0.6 is 11.6 Å². The molecular weight excluding hydrogens is 354 g/mol. The third-order valence-electron chi connectivity index (χ3n) is 3.56. The van der Waals surface area contributed by atoms with Crippen molar-refractivity contribution >= 4 is 29.1 Å². The Bertz CT molecular complexity index is 767. The van der Waals surface area contributed by atoms with Crippen molar-refractivity contribution in [3.63, 3.8) is 0 Å². The highest BCUT2D eigenvalue weighted by Crippen LogP contribution is 2.16. The SMILES string of the molecule is COc1cccc(NC(=O)CN(C)CC(=O)NCc2cccc(Cl)c2)c1. The molecule has 0 unspecified atom stereocenters. The van der Waals surface area contributed by atoms with Crippen molar-refractivity contribution in [2.45, 2.75) is 6.54 Å². The fraction of sp³-hybridized carbons (Fsp3) is 0.263. The number of hydrogen-bond acceptors (Lipinski definition) is 4. The highest BCUT2D eigenvalue weighted by atomic mass is 35.5. The minimum absolute atomic E-state index is 0.0990. The van der Waals surface area contributed by atoms with Gasteiger partial charge in [0.1, 0.15) is 5.75 Å². The Balaban J connectivity index is 1.75. The molecule has 6 nitrogen and oxygen atoms in total. The molecule has 138 valence electrons. The zero-order valence-electron chi connectivity index (χ0n) is 14.8. The number of hydrogen-bond donors (Lipinski definition) is 2. The summed E-state index contributed by atoms with van der Waals surface area (Å²) < 4.78 is 5.12. The second-order valence-corrected chi connectivity index (χ2v) is 6.30. The van der Waals surface area contributed by atoms with Crippen molar-refractivity contribution in [2.24, 2.45) is 0 Å². The molecule has 2 rings (SSSR count). The van der Waals surface area contributed by atoms with Crippen molar-refractivity contribution in [1.29, 1.82) is 0 Å². The third-order valence-corrected chi connectivity index (χ3v) is 3.79. The molecule has 0 heterocycles. The average Bonchev–Trinajstić information content (AvgIpc) is 2.60. The van der Waals surface area contributed by atoms with Crippen LogP contribution in [0.1, 0.15) is 5.56 Å². The van der Waals surface area contributed by atoms with E-state index in [2.05, 4.69) is 10.6 Å². The van der Waals surface area contributed by atoms with Gasteiger partial charge < -0.3 is 15.4 Å². The second kappa shape index (κ2) is 9.79. The minimum atomic E-state index is -0.205. The summed E-state index contributed by atoms with van der Waals surface area (Å²) in [6, 6.07) is 14.4. The van der Waals surface area contributed by atoms with Crippen LogP contribution in [-0.2, 0) is 16.1 Å². The Kier molecular flexibility index (Phi) is 7.44. The summed E-state index contributed by atoms with van der Waals surface area (Å²) in [5.41, 5.74) is 1.57. The minimum Gasteiger partial charge on any atom is -0.497 e. The van der Waals surface area contributed by atoms with E-state index in [1.54, 1.807) is 55.5 Å². The van der Waals surface area contributed by atoms with Gasteiger partial charge in [-0.15, -0.1) is 0 Å². The zero-order chi connectivity index (χ0) is 18.9. The van der Waals surface area contributed by atoms with Gasteiger partial charge in [-0.3, -0.25) is 14.5 Å². The van der Waals surface area contributed by atoms with Crippen LogP contribution in [0.2, 0.25) is 5.02 Å². The zero-order valence-corrected chi connectivity index (χ0v) is 15.5. The largest absolute Gasteiger partial charge is 0.497 e. The maximum atomic E-state index is 12.1. The fourth-order valence-electron chi connectivity index (χ4n) is 2.35. The first-order valence-electron chi connectivity index (χ1n) is 8.10. The van der Waals surface area contributed by atoms with E-state index in [0.717, 1.165) is 5.56 Å². The number of nitrogens with one attached hydrogen (secondary N) is 2. The highest BCUT2D eigenvalue weighted by molar-refractivity contribution is 6.30. The van der Waals surface area contributed by atoms with Crippen molar-refractivity contribution in [3.05, 3.63) is 59.1 Å². The Morgan fingerprint density at radius 3 is 2.54 bits per heavy atom. The summed E-state index contributed by atoms with van der Waals surface area (Å²) >= 11 is 5.91. The number of benzene rings is 2. The summed E-state index contributed by atoms with van der Waals surface area (Å²) in [6.07, 6.45) is 0. The fourth-order valence-corrected chi connectivity index (χ4v) is 2.56. The first-order chi connectivity index (χ1) is 12.5. The molecule has 0 aromatic heterocycles. The number of likely N-dealkylation sites (N-methyl/N-ethyl adjacent to an activating group) is 1. The molecule has 0 saturated heterocycles. The maximum absolute atomic E-state index is 12.1. The first kappa shape index (κ1) is 19.8. The normalized spacial score (nSPS) is 10.5. The van der Waals surface area contributed by atoms with Gasteiger partial charge in [0.25, 0.3) is 0 Å². The van der Waals surface area contributed by atoms with Gasteiger partial charge in [0.15, 0.2) is 0 Å². The van der Waals surface area contributed by atoms with Gasteiger partial charge in [-0.05, 0) is 36.9 Å². The Morgan fingerprint density at radius 2 is 1.81 bits per heavy atom. The molecule has 0 aliphatic rings. The van der Waals surface area contributed by atoms with Gasteiger partial charge >= 0.3 is 0 Å². The van der Waals surface area contributed by atoms with Crippen molar-refractivity contribution < 1.29 is 14.3 Å². The molecular formula is C19H22ClN3O3. The van der Waals surface area contributed by atoms with Crippen LogP contribution in [0.15, 0.2) is 48.5 Å². The quantitative estimate of drug-likeness (QED) is 0.743. The van der Waals surface area contributed by atoms with Crippen LogP contribution in [-0.4, -0.2) is 44.0 Å². The van der Waals surface area contributed by atoms with Crippen molar-refractivity contribution in [2.75, 3.05) is 32.6 Å². The van der Waals surface area contributed by atoms with Crippen LogP contribution < -0.4 is 15.4 Å². The van der Waals surface area contributed by atoms with E-state index in [1.165, 1.54) is 0 Å². The van der Waals surface area contributed by atoms with Gasteiger partial charge in [-0.25, -0.2) is 0 Å². The number of carbonyl (C=O) groups is 2. The molecule has 26 heavy (non-hydrogen) atoms. The topological polar surface area (TPSA) is 70.7 Å².